The van der Waals surface area contributed by atoms with E-state index in [-0.39, 0.29) is 5.91 Å². The fourth-order valence-electron chi connectivity index (χ4n) is 1.76. The number of amides is 1. The fourth-order valence-corrected chi connectivity index (χ4v) is 2.19. The molecule has 1 fully saturated rings. The lowest BCUT2D eigenvalue weighted by atomic mass is 10.2. The molecular weight excluding hydrogens is 308 g/mol. The maximum Gasteiger partial charge on any atom is 0.254 e. The van der Waals surface area contributed by atoms with Gasteiger partial charge in [0.25, 0.3) is 5.91 Å². The van der Waals surface area contributed by atoms with Crippen molar-refractivity contribution in [2.24, 2.45) is 5.92 Å². The number of hydrogen-bond donors (Lipinski definition) is 1. The summed E-state index contributed by atoms with van der Waals surface area (Å²) in [5, 5.41) is 0. The van der Waals surface area contributed by atoms with Crippen molar-refractivity contribution in [2.75, 3.05) is 32.5 Å². The lowest BCUT2D eigenvalue weighted by Gasteiger charge is -2.18. The zero-order chi connectivity index (χ0) is 13.8. The zero-order valence-electron chi connectivity index (χ0n) is 11.1. The Morgan fingerprint density at radius 1 is 1.53 bits per heavy atom. The Morgan fingerprint density at radius 2 is 2.26 bits per heavy atom. The Bertz CT molecular complexity index is 461. The van der Waals surface area contributed by atoms with Crippen LogP contribution in [0.2, 0.25) is 0 Å². The number of carbonyl (C=O) groups is 1. The summed E-state index contributed by atoms with van der Waals surface area (Å²) in [6, 6.07) is 5.31. The molecule has 1 aliphatic carbocycles. The minimum Gasteiger partial charge on any atom is -0.398 e. The van der Waals surface area contributed by atoms with E-state index >= 15 is 0 Å². The highest BCUT2D eigenvalue weighted by molar-refractivity contribution is 9.10. The summed E-state index contributed by atoms with van der Waals surface area (Å²) in [6.45, 7) is 2.00. The molecule has 0 unspecified atom stereocenters. The van der Waals surface area contributed by atoms with Gasteiger partial charge in [-0.25, -0.2) is 0 Å². The molecule has 4 nitrogen and oxygen atoms in total. The van der Waals surface area contributed by atoms with Gasteiger partial charge in [-0.15, -0.1) is 0 Å². The standard InChI is InChI=1S/C14H19BrN2O2/c1-17(7-8-19-9-10-5-6-10)14(18)11-3-2-4-12(16)13(11)15/h2-4,10H,5-9,16H2,1H3. The average molecular weight is 327 g/mol. The molecule has 0 aromatic heterocycles. The maximum absolute atomic E-state index is 12.2. The number of rotatable bonds is 6. The van der Waals surface area contributed by atoms with Crippen LogP contribution in [-0.4, -0.2) is 37.6 Å². The largest absolute Gasteiger partial charge is 0.398 e. The van der Waals surface area contributed by atoms with Crippen LogP contribution >= 0.6 is 15.9 Å². The van der Waals surface area contributed by atoms with Gasteiger partial charge in [0.2, 0.25) is 0 Å². The first-order chi connectivity index (χ1) is 9.09. The summed E-state index contributed by atoms with van der Waals surface area (Å²) < 4.78 is 6.20. The number of hydrogen-bond acceptors (Lipinski definition) is 3. The second-order valence-electron chi connectivity index (χ2n) is 4.95. The molecule has 1 aromatic carbocycles. The van der Waals surface area contributed by atoms with Gasteiger partial charge in [0, 0.05) is 25.9 Å². The van der Waals surface area contributed by atoms with Gasteiger partial charge in [-0.1, -0.05) is 6.07 Å². The molecule has 1 aliphatic rings. The van der Waals surface area contributed by atoms with E-state index in [1.807, 2.05) is 0 Å². The molecule has 104 valence electrons. The smallest absolute Gasteiger partial charge is 0.254 e. The van der Waals surface area contributed by atoms with Gasteiger partial charge in [0.15, 0.2) is 0 Å². The van der Waals surface area contributed by atoms with E-state index in [0.29, 0.717) is 28.9 Å². The number of anilines is 1. The first-order valence-corrected chi connectivity index (χ1v) is 7.26. The zero-order valence-corrected chi connectivity index (χ0v) is 12.6. The van der Waals surface area contributed by atoms with E-state index in [0.717, 1.165) is 12.5 Å². The molecule has 2 N–H and O–H groups in total. The Morgan fingerprint density at radius 3 is 2.95 bits per heavy atom. The summed E-state index contributed by atoms with van der Waals surface area (Å²) in [5.41, 5.74) is 6.94. The van der Waals surface area contributed by atoms with Crippen molar-refractivity contribution < 1.29 is 9.53 Å². The highest BCUT2D eigenvalue weighted by Crippen LogP contribution is 2.28. The van der Waals surface area contributed by atoms with Gasteiger partial charge in [-0.3, -0.25) is 4.79 Å². The first-order valence-electron chi connectivity index (χ1n) is 6.46. The highest BCUT2D eigenvalue weighted by Gasteiger charge is 2.21. The van der Waals surface area contributed by atoms with E-state index < -0.39 is 0 Å². The van der Waals surface area contributed by atoms with Crippen LogP contribution in [0.3, 0.4) is 0 Å². The topological polar surface area (TPSA) is 55.6 Å². The van der Waals surface area contributed by atoms with Crippen molar-refractivity contribution in [1.82, 2.24) is 4.90 Å². The summed E-state index contributed by atoms with van der Waals surface area (Å²) in [7, 11) is 1.78. The van der Waals surface area contributed by atoms with Gasteiger partial charge in [0.1, 0.15) is 0 Å². The fraction of sp³-hybridized carbons (Fsp3) is 0.500. The van der Waals surface area contributed by atoms with Gasteiger partial charge in [0.05, 0.1) is 16.6 Å². The molecule has 5 heteroatoms. The molecular formula is C14H19BrN2O2. The van der Waals surface area contributed by atoms with Crippen LogP contribution in [0.15, 0.2) is 22.7 Å². The molecule has 0 heterocycles. The molecule has 0 atom stereocenters. The Kier molecular flexibility index (Phi) is 4.82. The predicted molar refractivity (Wildman–Crippen MR) is 79.1 cm³/mol. The van der Waals surface area contributed by atoms with Crippen LogP contribution in [0, 0.1) is 5.92 Å². The van der Waals surface area contributed by atoms with Gasteiger partial charge >= 0.3 is 0 Å². The van der Waals surface area contributed by atoms with Crippen LogP contribution < -0.4 is 5.73 Å². The molecule has 1 aromatic rings. The summed E-state index contributed by atoms with van der Waals surface area (Å²) >= 11 is 3.35. The number of carbonyl (C=O) groups excluding carboxylic acids is 1. The van der Waals surface area contributed by atoms with Crippen LogP contribution in [0.25, 0.3) is 0 Å². The number of nitrogens with zero attached hydrogens (tertiary/aromatic N) is 1. The van der Waals surface area contributed by atoms with Gasteiger partial charge in [-0.2, -0.15) is 0 Å². The van der Waals surface area contributed by atoms with Crippen LogP contribution in [0.1, 0.15) is 23.2 Å². The normalized spacial score (nSPS) is 14.4. The Hall–Kier alpha value is -1.07. The van der Waals surface area contributed by atoms with E-state index in [4.69, 9.17) is 10.5 Å². The molecule has 1 saturated carbocycles. The molecule has 0 saturated heterocycles. The first kappa shape index (κ1) is 14.3. The molecule has 19 heavy (non-hydrogen) atoms. The maximum atomic E-state index is 12.2. The lowest BCUT2D eigenvalue weighted by molar-refractivity contribution is 0.0680. The van der Waals surface area contributed by atoms with E-state index in [1.165, 1.54) is 12.8 Å². The molecule has 0 aliphatic heterocycles. The number of halogens is 1. The third kappa shape index (κ3) is 3.94. The van der Waals surface area contributed by atoms with Crippen LogP contribution in [-0.2, 0) is 4.74 Å². The Balaban J connectivity index is 1.84. The van der Waals surface area contributed by atoms with Crippen molar-refractivity contribution in [3.63, 3.8) is 0 Å². The number of nitrogens with two attached hydrogens (primary N) is 1. The quantitative estimate of drug-likeness (QED) is 0.645. The monoisotopic (exact) mass is 326 g/mol. The summed E-state index contributed by atoms with van der Waals surface area (Å²) in [5.74, 6) is 0.707. The molecule has 0 radical (unpaired) electrons. The SMILES string of the molecule is CN(CCOCC1CC1)C(=O)c1cccc(N)c1Br. The second kappa shape index (κ2) is 6.39. The lowest BCUT2D eigenvalue weighted by Crippen LogP contribution is -2.30. The predicted octanol–water partition coefficient (Wildman–Crippen LogP) is 2.53. The van der Waals surface area contributed by atoms with E-state index in [2.05, 4.69) is 15.9 Å². The Labute approximate surface area is 122 Å². The molecule has 0 spiro atoms. The second-order valence-corrected chi connectivity index (χ2v) is 5.75. The van der Waals surface area contributed by atoms with E-state index in [1.54, 1.807) is 30.1 Å². The van der Waals surface area contributed by atoms with Crippen molar-refractivity contribution in [2.45, 2.75) is 12.8 Å². The minimum absolute atomic E-state index is 0.0470. The van der Waals surface area contributed by atoms with Crippen molar-refractivity contribution >= 4 is 27.5 Å². The van der Waals surface area contributed by atoms with Gasteiger partial charge < -0.3 is 15.4 Å². The van der Waals surface area contributed by atoms with E-state index in [9.17, 15) is 4.79 Å². The highest BCUT2D eigenvalue weighted by atomic mass is 79.9. The number of ether oxygens (including phenoxy) is 1. The van der Waals surface area contributed by atoms with Crippen LogP contribution in [0.5, 0.6) is 0 Å². The van der Waals surface area contributed by atoms with Crippen molar-refractivity contribution in [1.29, 1.82) is 0 Å². The number of likely N-dealkylation sites (N-methyl/N-ethyl adjacent to an activating group) is 1. The van der Waals surface area contributed by atoms with Crippen molar-refractivity contribution in [3.05, 3.63) is 28.2 Å². The molecule has 0 bridgehead atoms. The molecule has 1 amide bonds. The third-order valence-electron chi connectivity index (χ3n) is 3.23. The number of benzene rings is 1. The minimum atomic E-state index is -0.0470. The third-order valence-corrected chi connectivity index (χ3v) is 4.11. The van der Waals surface area contributed by atoms with Crippen molar-refractivity contribution in [3.8, 4) is 0 Å². The van der Waals surface area contributed by atoms with Crippen LogP contribution in [0.4, 0.5) is 5.69 Å². The summed E-state index contributed by atoms with van der Waals surface area (Å²) in [4.78, 5) is 13.9. The van der Waals surface area contributed by atoms with Gasteiger partial charge in [-0.05, 0) is 46.8 Å². The average Bonchev–Trinajstić information content (AvgIpc) is 3.21. The molecule has 2 rings (SSSR count). The summed E-state index contributed by atoms with van der Waals surface area (Å²) in [6.07, 6.45) is 2.57. The number of nitrogen functional groups attached to an aromatic ring is 1.